The molecule has 0 aliphatic heterocycles. The summed E-state index contributed by atoms with van der Waals surface area (Å²) in [4.78, 5) is 0. The monoisotopic (exact) mass is 730 g/mol. The number of benzene rings is 4. The van der Waals surface area contributed by atoms with Crippen LogP contribution in [0.15, 0.2) is 107 Å². The van der Waals surface area contributed by atoms with Crippen molar-refractivity contribution in [3.8, 4) is 11.5 Å². The van der Waals surface area contributed by atoms with Crippen molar-refractivity contribution in [3.05, 3.63) is 130 Å². The van der Waals surface area contributed by atoms with Gasteiger partial charge in [-0.25, -0.2) is 0 Å². The third-order valence-electron chi connectivity index (χ3n) is 11.2. The molecule has 4 aromatic rings. The lowest BCUT2D eigenvalue weighted by atomic mass is 9.52. The zero-order chi connectivity index (χ0) is 34.4. The number of ether oxygens (including phenoxy) is 2. The molecule has 274 valence electrons. The second-order valence-electron chi connectivity index (χ2n) is 14.7. The third kappa shape index (κ3) is 8.90. The molecular weight excluding hydrogens is 675 g/mol. The molecule has 3 aliphatic carbocycles. The number of rotatable bonds is 14. The summed E-state index contributed by atoms with van der Waals surface area (Å²) in [6, 6.07) is 35.5. The highest BCUT2D eigenvalue weighted by Gasteiger charge is 2.56. The summed E-state index contributed by atoms with van der Waals surface area (Å²) in [7, 11) is 3.50. The number of fused-ring (bicyclic) bond motifs is 3. The average molecular weight is 732 g/mol. The lowest BCUT2D eigenvalue weighted by Crippen LogP contribution is -2.66. The van der Waals surface area contributed by atoms with Crippen molar-refractivity contribution in [3.63, 3.8) is 0 Å². The molecule has 3 fully saturated rings. The fourth-order valence-corrected chi connectivity index (χ4v) is 8.47. The van der Waals surface area contributed by atoms with Crippen LogP contribution in [0.3, 0.4) is 0 Å². The van der Waals surface area contributed by atoms with Gasteiger partial charge in [0.15, 0.2) is 0 Å². The van der Waals surface area contributed by atoms with Gasteiger partial charge in [-0.05, 0) is 83.9 Å². The standard InChI is InChI=1S/C43H54N4O2.2ClH/c1-29(2)34-17-19-38(48-5)36(25-34)27-44-42-33-21-23-43(24-22-33,46-47-45-28-37-26-35(30(3)4)18-20-39(37)49-6)41(42)40(31-13-9-7-10-14-31)32-15-11-8-12-16-32;;/h7-20,25-26,29-30,33,40-42,44H,21-24,27-28H2,1-6H3,(H,45,46);2*1H. The van der Waals surface area contributed by atoms with Crippen molar-refractivity contribution >= 4 is 24.8 Å². The van der Waals surface area contributed by atoms with Crippen LogP contribution in [0.2, 0.25) is 0 Å². The van der Waals surface area contributed by atoms with Gasteiger partial charge in [0.2, 0.25) is 0 Å². The molecule has 0 saturated heterocycles. The SMILES string of the molecule is COc1ccc(C(C)C)cc1CN=NNC12CCC(CC1)C(NCc1cc(C(C)C)ccc1OC)C2C(c1ccccc1)c1ccccc1.Cl.Cl. The van der Waals surface area contributed by atoms with Gasteiger partial charge in [0.1, 0.15) is 11.5 Å². The van der Waals surface area contributed by atoms with Gasteiger partial charge in [-0.2, -0.15) is 5.11 Å². The van der Waals surface area contributed by atoms with Crippen LogP contribution < -0.4 is 20.2 Å². The number of nitrogens with zero attached hydrogens (tertiary/aromatic N) is 2. The van der Waals surface area contributed by atoms with Crippen molar-refractivity contribution in [2.75, 3.05) is 14.2 Å². The molecule has 0 heterocycles. The van der Waals surface area contributed by atoms with E-state index in [4.69, 9.17) is 19.8 Å². The second kappa shape index (κ2) is 18.3. The van der Waals surface area contributed by atoms with Crippen LogP contribution >= 0.6 is 24.8 Å². The van der Waals surface area contributed by atoms with E-state index in [1.54, 1.807) is 14.2 Å². The molecule has 0 aromatic heterocycles. The molecule has 2 bridgehead atoms. The predicted octanol–water partition coefficient (Wildman–Crippen LogP) is 10.8. The van der Waals surface area contributed by atoms with Gasteiger partial charge >= 0.3 is 0 Å². The number of nitrogens with one attached hydrogen (secondary N) is 2. The molecule has 3 aliphatic rings. The van der Waals surface area contributed by atoms with E-state index in [1.807, 2.05) is 0 Å². The summed E-state index contributed by atoms with van der Waals surface area (Å²) in [5.74, 6) is 3.67. The average Bonchev–Trinajstić information content (AvgIpc) is 3.14. The molecule has 8 heteroatoms. The normalized spacial score (nSPS) is 21.1. The van der Waals surface area contributed by atoms with Crippen LogP contribution in [0.4, 0.5) is 0 Å². The van der Waals surface area contributed by atoms with E-state index in [9.17, 15) is 0 Å². The Morgan fingerprint density at radius 2 is 1.20 bits per heavy atom. The first-order chi connectivity index (χ1) is 23.8. The Bertz CT molecular complexity index is 1650. The van der Waals surface area contributed by atoms with Crippen LogP contribution in [0.1, 0.15) is 105 Å². The maximum atomic E-state index is 5.86. The van der Waals surface area contributed by atoms with Gasteiger partial charge in [0, 0.05) is 35.5 Å². The molecule has 0 spiro atoms. The molecule has 2 atom stereocenters. The first kappa shape index (κ1) is 40.2. The molecule has 6 nitrogen and oxygen atoms in total. The molecule has 2 N–H and O–H groups in total. The summed E-state index contributed by atoms with van der Waals surface area (Å²) < 4.78 is 11.6. The number of halogens is 2. The highest BCUT2D eigenvalue weighted by atomic mass is 35.5. The van der Waals surface area contributed by atoms with E-state index in [0.29, 0.717) is 24.3 Å². The highest BCUT2D eigenvalue weighted by Crippen LogP contribution is 2.54. The number of hydrogen-bond acceptors (Lipinski definition) is 5. The van der Waals surface area contributed by atoms with Crippen LogP contribution in [0.5, 0.6) is 11.5 Å². The van der Waals surface area contributed by atoms with E-state index in [0.717, 1.165) is 49.3 Å². The van der Waals surface area contributed by atoms with Crippen molar-refractivity contribution in [2.24, 2.45) is 22.2 Å². The molecule has 3 saturated carbocycles. The molecule has 0 radical (unpaired) electrons. The van der Waals surface area contributed by atoms with Gasteiger partial charge in [0.25, 0.3) is 0 Å². The lowest BCUT2D eigenvalue weighted by molar-refractivity contribution is -0.00942. The molecule has 2 unspecified atom stereocenters. The third-order valence-corrected chi connectivity index (χ3v) is 11.2. The molecule has 4 aromatic carbocycles. The molecule has 7 rings (SSSR count). The second-order valence-corrected chi connectivity index (χ2v) is 14.7. The fourth-order valence-electron chi connectivity index (χ4n) is 8.47. The Balaban J connectivity index is 0.00000292. The summed E-state index contributed by atoms with van der Waals surface area (Å²) in [5.41, 5.74) is 11.1. The van der Waals surface area contributed by atoms with Gasteiger partial charge in [-0.3, -0.25) is 5.43 Å². The number of hydrogen-bond donors (Lipinski definition) is 2. The van der Waals surface area contributed by atoms with Crippen LogP contribution in [0.25, 0.3) is 0 Å². The van der Waals surface area contributed by atoms with Gasteiger partial charge in [-0.1, -0.05) is 112 Å². The van der Waals surface area contributed by atoms with Crippen molar-refractivity contribution in [2.45, 2.75) is 95.8 Å². The summed E-state index contributed by atoms with van der Waals surface area (Å²) in [5, 5.41) is 13.7. The molecular formula is C43H56Cl2N4O2. The quantitative estimate of drug-likeness (QED) is 0.100. The Morgan fingerprint density at radius 1 is 0.686 bits per heavy atom. The van der Waals surface area contributed by atoms with Gasteiger partial charge in [-0.15, -0.1) is 24.8 Å². The summed E-state index contributed by atoms with van der Waals surface area (Å²) in [6.45, 7) is 10.1. The Hall–Kier alpha value is -3.58. The zero-order valence-corrected chi connectivity index (χ0v) is 32.6. The summed E-state index contributed by atoms with van der Waals surface area (Å²) >= 11 is 0. The first-order valence-corrected chi connectivity index (χ1v) is 18.1. The van der Waals surface area contributed by atoms with Crippen molar-refractivity contribution in [1.29, 1.82) is 0 Å². The Morgan fingerprint density at radius 3 is 1.71 bits per heavy atom. The van der Waals surface area contributed by atoms with Crippen molar-refractivity contribution in [1.82, 2.24) is 10.7 Å². The maximum Gasteiger partial charge on any atom is 0.124 e. The zero-order valence-electron chi connectivity index (χ0n) is 31.0. The minimum atomic E-state index is -0.222. The first-order valence-electron chi connectivity index (χ1n) is 18.1. The van der Waals surface area contributed by atoms with Gasteiger partial charge in [0.05, 0.1) is 26.3 Å². The molecule has 51 heavy (non-hydrogen) atoms. The van der Waals surface area contributed by atoms with Crippen LogP contribution in [-0.4, -0.2) is 25.8 Å². The Labute approximate surface area is 318 Å². The smallest absolute Gasteiger partial charge is 0.124 e. The minimum Gasteiger partial charge on any atom is -0.496 e. The lowest BCUT2D eigenvalue weighted by Gasteiger charge is -2.58. The van der Waals surface area contributed by atoms with Gasteiger partial charge < -0.3 is 14.8 Å². The van der Waals surface area contributed by atoms with Crippen LogP contribution in [-0.2, 0) is 13.1 Å². The molecule has 0 amide bonds. The van der Waals surface area contributed by atoms with Crippen LogP contribution in [0, 0.1) is 11.8 Å². The minimum absolute atomic E-state index is 0. The maximum absolute atomic E-state index is 5.86. The summed E-state index contributed by atoms with van der Waals surface area (Å²) in [6.07, 6.45) is 4.43. The van der Waals surface area contributed by atoms with E-state index >= 15 is 0 Å². The highest BCUT2D eigenvalue weighted by molar-refractivity contribution is 5.85. The predicted molar refractivity (Wildman–Crippen MR) is 214 cm³/mol. The van der Waals surface area contributed by atoms with E-state index in [-0.39, 0.29) is 48.2 Å². The fraction of sp³-hybridized carbons (Fsp3) is 0.442. The number of methoxy groups -OCH3 is 2. The largest absolute Gasteiger partial charge is 0.496 e. The van der Waals surface area contributed by atoms with Crippen molar-refractivity contribution < 1.29 is 9.47 Å². The topological polar surface area (TPSA) is 67.2 Å². The van der Waals surface area contributed by atoms with E-state index < -0.39 is 0 Å². The van der Waals surface area contributed by atoms with E-state index in [2.05, 4.69) is 135 Å². The van der Waals surface area contributed by atoms with E-state index in [1.165, 1.54) is 27.8 Å². The Kier molecular flexibility index (Phi) is 14.4.